The lowest BCUT2D eigenvalue weighted by atomic mass is 9.98. The number of benzene rings is 1. The summed E-state index contributed by atoms with van der Waals surface area (Å²) in [4.78, 5) is 25.2. The summed E-state index contributed by atoms with van der Waals surface area (Å²) < 4.78 is 0.987. The molecule has 0 saturated carbocycles. The van der Waals surface area contributed by atoms with Gasteiger partial charge in [0.25, 0.3) is 0 Å². The van der Waals surface area contributed by atoms with Crippen LogP contribution < -0.4 is 0 Å². The highest BCUT2D eigenvalue weighted by atomic mass is 79.9. The molecule has 0 radical (unpaired) electrons. The SMILES string of the molecule is O=C(O)N1CCCC(c2nc3cnc4cc(Br)ccc4c3[nH]2)C1. The Morgan fingerprint density at radius 1 is 1.39 bits per heavy atom. The van der Waals surface area contributed by atoms with Crippen molar-refractivity contribution in [2.75, 3.05) is 13.1 Å². The van der Waals surface area contributed by atoms with Gasteiger partial charge in [0.2, 0.25) is 0 Å². The van der Waals surface area contributed by atoms with Crippen molar-refractivity contribution in [3.05, 3.63) is 34.7 Å². The molecule has 1 unspecified atom stereocenters. The van der Waals surface area contributed by atoms with Gasteiger partial charge in [-0.15, -0.1) is 0 Å². The molecule has 1 atom stereocenters. The molecule has 3 aromatic rings. The lowest BCUT2D eigenvalue weighted by molar-refractivity contribution is 0.129. The van der Waals surface area contributed by atoms with Crippen LogP contribution in [0.5, 0.6) is 0 Å². The molecule has 1 amide bonds. The number of aromatic nitrogens is 3. The number of hydrogen-bond acceptors (Lipinski definition) is 3. The molecule has 1 saturated heterocycles. The lowest BCUT2D eigenvalue weighted by Crippen LogP contribution is -2.38. The highest BCUT2D eigenvalue weighted by Gasteiger charge is 2.26. The molecule has 2 N–H and O–H groups in total. The van der Waals surface area contributed by atoms with Crippen LogP contribution in [0.2, 0.25) is 0 Å². The smallest absolute Gasteiger partial charge is 0.407 e. The zero-order valence-corrected chi connectivity index (χ0v) is 13.9. The first-order valence-corrected chi connectivity index (χ1v) is 8.33. The second-order valence-corrected chi connectivity index (χ2v) is 6.79. The van der Waals surface area contributed by atoms with E-state index in [0.717, 1.165) is 45.1 Å². The zero-order chi connectivity index (χ0) is 16.0. The molecule has 0 spiro atoms. The van der Waals surface area contributed by atoms with E-state index >= 15 is 0 Å². The van der Waals surface area contributed by atoms with Crippen LogP contribution in [0.3, 0.4) is 0 Å². The van der Waals surface area contributed by atoms with Gasteiger partial charge >= 0.3 is 6.09 Å². The fraction of sp³-hybridized carbons (Fsp3) is 0.312. The quantitative estimate of drug-likeness (QED) is 0.679. The Morgan fingerprint density at radius 3 is 3.09 bits per heavy atom. The molecule has 23 heavy (non-hydrogen) atoms. The minimum atomic E-state index is -0.859. The predicted molar refractivity (Wildman–Crippen MR) is 90.7 cm³/mol. The number of rotatable bonds is 1. The van der Waals surface area contributed by atoms with Crippen LogP contribution in [0.25, 0.3) is 21.9 Å². The molecule has 1 fully saturated rings. The number of piperidine rings is 1. The normalized spacial score (nSPS) is 18.7. The third kappa shape index (κ3) is 2.55. The maximum Gasteiger partial charge on any atom is 0.407 e. The molecule has 1 aromatic carbocycles. The van der Waals surface area contributed by atoms with E-state index in [1.807, 2.05) is 18.2 Å². The number of amides is 1. The van der Waals surface area contributed by atoms with E-state index < -0.39 is 6.09 Å². The van der Waals surface area contributed by atoms with Crippen LogP contribution in [-0.2, 0) is 0 Å². The fourth-order valence-electron chi connectivity index (χ4n) is 3.23. The zero-order valence-electron chi connectivity index (χ0n) is 12.3. The second kappa shape index (κ2) is 5.49. The Bertz CT molecular complexity index is 908. The fourth-order valence-corrected chi connectivity index (χ4v) is 3.57. The lowest BCUT2D eigenvalue weighted by Gasteiger charge is -2.29. The van der Waals surface area contributed by atoms with Crippen molar-refractivity contribution in [2.24, 2.45) is 0 Å². The monoisotopic (exact) mass is 374 g/mol. The number of carbonyl (C=O) groups is 1. The topological polar surface area (TPSA) is 82.1 Å². The van der Waals surface area contributed by atoms with Crippen molar-refractivity contribution >= 4 is 44.0 Å². The van der Waals surface area contributed by atoms with E-state index in [4.69, 9.17) is 0 Å². The summed E-state index contributed by atoms with van der Waals surface area (Å²) in [5.74, 6) is 0.959. The molecule has 3 heterocycles. The number of nitrogens with one attached hydrogen (secondary N) is 1. The van der Waals surface area contributed by atoms with E-state index in [1.165, 1.54) is 4.90 Å². The Morgan fingerprint density at radius 2 is 2.26 bits per heavy atom. The molecular formula is C16H15BrN4O2. The number of aromatic amines is 1. The molecule has 1 aliphatic heterocycles. The van der Waals surface area contributed by atoms with Crippen molar-refractivity contribution in [1.82, 2.24) is 19.9 Å². The van der Waals surface area contributed by atoms with Gasteiger partial charge in [0.1, 0.15) is 11.3 Å². The summed E-state index contributed by atoms with van der Waals surface area (Å²) >= 11 is 3.46. The van der Waals surface area contributed by atoms with E-state index in [9.17, 15) is 9.90 Å². The summed E-state index contributed by atoms with van der Waals surface area (Å²) in [6.07, 6.45) is 2.71. The number of imidazole rings is 1. The number of nitrogens with zero attached hydrogens (tertiary/aromatic N) is 3. The summed E-state index contributed by atoms with van der Waals surface area (Å²) in [6, 6.07) is 5.97. The number of pyridine rings is 1. The molecule has 0 aliphatic carbocycles. The van der Waals surface area contributed by atoms with Gasteiger partial charge in [0, 0.05) is 28.9 Å². The molecule has 4 rings (SSSR count). The van der Waals surface area contributed by atoms with E-state index in [2.05, 4.69) is 30.9 Å². The van der Waals surface area contributed by atoms with Gasteiger partial charge in [-0.05, 0) is 31.0 Å². The predicted octanol–water partition coefficient (Wildman–Crippen LogP) is 3.73. The number of halogens is 1. The highest BCUT2D eigenvalue weighted by Crippen LogP contribution is 2.29. The van der Waals surface area contributed by atoms with E-state index in [0.29, 0.717) is 13.1 Å². The number of likely N-dealkylation sites (tertiary alicyclic amines) is 1. The van der Waals surface area contributed by atoms with Gasteiger partial charge < -0.3 is 15.0 Å². The van der Waals surface area contributed by atoms with Crippen molar-refractivity contribution in [2.45, 2.75) is 18.8 Å². The summed E-state index contributed by atoms with van der Waals surface area (Å²) in [5.41, 5.74) is 2.69. The first-order chi connectivity index (χ1) is 11.1. The first-order valence-electron chi connectivity index (χ1n) is 7.53. The van der Waals surface area contributed by atoms with Gasteiger partial charge in [-0.25, -0.2) is 9.78 Å². The molecular weight excluding hydrogens is 360 g/mol. The standard InChI is InChI=1S/C16H15BrN4O2/c17-10-3-4-11-12(6-10)18-7-13-14(11)20-15(19-13)9-2-1-5-21(8-9)16(22)23/h3-4,6-7,9H,1-2,5,8H2,(H,19,20)(H,22,23). The van der Waals surface area contributed by atoms with Gasteiger partial charge in [0.15, 0.2) is 0 Å². The largest absolute Gasteiger partial charge is 0.465 e. The summed E-state index contributed by atoms with van der Waals surface area (Å²) in [6.45, 7) is 1.09. The maximum absolute atomic E-state index is 11.2. The van der Waals surface area contributed by atoms with Gasteiger partial charge in [0.05, 0.1) is 17.2 Å². The second-order valence-electron chi connectivity index (χ2n) is 5.87. The van der Waals surface area contributed by atoms with Crippen LogP contribution in [0.4, 0.5) is 4.79 Å². The number of carboxylic acid groups (broad SMARTS) is 1. The average molecular weight is 375 g/mol. The third-order valence-corrected chi connectivity index (χ3v) is 4.88. The molecule has 1 aliphatic rings. The minimum Gasteiger partial charge on any atom is -0.465 e. The third-order valence-electron chi connectivity index (χ3n) is 4.38. The van der Waals surface area contributed by atoms with Crippen LogP contribution in [0, 0.1) is 0 Å². The number of fused-ring (bicyclic) bond motifs is 3. The highest BCUT2D eigenvalue weighted by molar-refractivity contribution is 9.10. The Labute approximate surface area is 140 Å². The molecule has 6 nitrogen and oxygen atoms in total. The Hall–Kier alpha value is -2.15. The summed E-state index contributed by atoms with van der Waals surface area (Å²) in [5, 5.41) is 10.2. The van der Waals surface area contributed by atoms with Crippen LogP contribution in [0.1, 0.15) is 24.6 Å². The molecule has 7 heteroatoms. The van der Waals surface area contributed by atoms with Crippen molar-refractivity contribution in [3.63, 3.8) is 0 Å². The average Bonchev–Trinajstić information content (AvgIpc) is 2.99. The van der Waals surface area contributed by atoms with E-state index in [1.54, 1.807) is 6.20 Å². The van der Waals surface area contributed by atoms with Crippen molar-refractivity contribution < 1.29 is 9.90 Å². The Kier molecular flexibility index (Phi) is 3.45. The van der Waals surface area contributed by atoms with Gasteiger partial charge in [-0.3, -0.25) is 4.98 Å². The van der Waals surface area contributed by atoms with Gasteiger partial charge in [-0.2, -0.15) is 0 Å². The molecule has 0 bridgehead atoms. The first kappa shape index (κ1) is 14.4. The van der Waals surface area contributed by atoms with Gasteiger partial charge in [-0.1, -0.05) is 15.9 Å². The van der Waals surface area contributed by atoms with Crippen molar-refractivity contribution in [1.29, 1.82) is 0 Å². The molecule has 2 aromatic heterocycles. The summed E-state index contributed by atoms with van der Waals surface area (Å²) in [7, 11) is 0. The molecule has 118 valence electrons. The van der Waals surface area contributed by atoms with E-state index in [-0.39, 0.29) is 5.92 Å². The maximum atomic E-state index is 11.2. The Balaban J connectivity index is 1.76. The van der Waals surface area contributed by atoms with Crippen LogP contribution >= 0.6 is 15.9 Å². The van der Waals surface area contributed by atoms with Crippen LogP contribution in [0.15, 0.2) is 28.9 Å². The number of H-pyrrole nitrogens is 1. The van der Waals surface area contributed by atoms with Crippen LogP contribution in [-0.4, -0.2) is 44.1 Å². The minimum absolute atomic E-state index is 0.109. The number of hydrogen-bond donors (Lipinski definition) is 2. The van der Waals surface area contributed by atoms with Crippen molar-refractivity contribution in [3.8, 4) is 0 Å².